The first-order valence-electron chi connectivity index (χ1n) is 6.59. The summed E-state index contributed by atoms with van der Waals surface area (Å²) < 4.78 is 21.2. The molecule has 1 atom stereocenters. The third-order valence-corrected chi connectivity index (χ3v) is 3.92. The molecule has 0 fully saturated rings. The van der Waals surface area contributed by atoms with Crippen LogP contribution in [0.25, 0.3) is 0 Å². The van der Waals surface area contributed by atoms with Crippen LogP contribution in [0, 0.1) is 0 Å². The van der Waals surface area contributed by atoms with Crippen LogP contribution in [0.4, 0.5) is 0 Å². The van der Waals surface area contributed by atoms with E-state index in [1.807, 2.05) is 57.2 Å². The van der Waals surface area contributed by atoms with Gasteiger partial charge in [0, 0.05) is 12.4 Å². The fourth-order valence-electron chi connectivity index (χ4n) is 1.43. The highest BCUT2D eigenvalue weighted by Gasteiger charge is 2.17. The summed E-state index contributed by atoms with van der Waals surface area (Å²) in [5.41, 5.74) is 0.881. The van der Waals surface area contributed by atoms with Gasteiger partial charge in [-0.2, -0.15) is 4.40 Å². The van der Waals surface area contributed by atoms with Gasteiger partial charge in [-0.3, -0.25) is 4.98 Å². The van der Waals surface area contributed by atoms with E-state index in [4.69, 9.17) is 4.74 Å². The van der Waals surface area contributed by atoms with Crippen molar-refractivity contribution in [2.45, 2.75) is 25.5 Å². The van der Waals surface area contributed by atoms with Gasteiger partial charge in [-0.25, -0.2) is 4.21 Å². The predicted octanol–water partition coefficient (Wildman–Crippen LogP) is 3.76. The molecule has 2 aromatic rings. The summed E-state index contributed by atoms with van der Waals surface area (Å²) in [7, 11) is -1.24. The Balaban J connectivity index is 2.03. The zero-order valence-corrected chi connectivity index (χ0v) is 13.1. The van der Waals surface area contributed by atoms with E-state index in [0.29, 0.717) is 5.75 Å². The molecule has 0 aliphatic carbocycles. The fourth-order valence-corrected chi connectivity index (χ4v) is 1.97. The summed E-state index contributed by atoms with van der Waals surface area (Å²) in [5, 5.41) is 0. The summed E-state index contributed by atoms with van der Waals surface area (Å²) >= 11 is 0. The highest BCUT2D eigenvalue weighted by Crippen LogP contribution is 2.20. The van der Waals surface area contributed by atoms with Crippen molar-refractivity contribution in [3.05, 3.63) is 54.4 Å². The molecule has 0 spiro atoms. The van der Waals surface area contributed by atoms with Crippen molar-refractivity contribution in [2.24, 2.45) is 4.40 Å². The summed E-state index contributed by atoms with van der Waals surface area (Å²) in [6.45, 7) is 5.68. The van der Waals surface area contributed by atoms with Crippen LogP contribution < -0.4 is 4.74 Å². The molecule has 0 bridgehead atoms. The Labute approximate surface area is 127 Å². The lowest BCUT2D eigenvalue weighted by molar-refractivity contribution is 0.480. The predicted molar refractivity (Wildman–Crippen MR) is 86.2 cm³/mol. The van der Waals surface area contributed by atoms with Gasteiger partial charge in [0.15, 0.2) is 0 Å². The van der Waals surface area contributed by atoms with Crippen LogP contribution in [0.5, 0.6) is 11.5 Å². The average molecular weight is 302 g/mol. The normalized spacial score (nSPS) is 13.3. The largest absolute Gasteiger partial charge is 0.456 e. The van der Waals surface area contributed by atoms with E-state index in [-0.39, 0.29) is 4.75 Å². The third-order valence-electron chi connectivity index (χ3n) is 2.57. The summed E-state index contributed by atoms with van der Waals surface area (Å²) in [6, 6.07) is 11.1. The molecule has 0 aliphatic heterocycles. The van der Waals surface area contributed by atoms with Gasteiger partial charge < -0.3 is 4.74 Å². The molecule has 0 saturated carbocycles. The van der Waals surface area contributed by atoms with E-state index in [2.05, 4.69) is 9.38 Å². The Morgan fingerprint density at radius 1 is 1.14 bits per heavy atom. The van der Waals surface area contributed by atoms with Crippen LogP contribution in [-0.2, 0) is 11.0 Å². The number of ether oxygens (including phenoxy) is 1. The maximum absolute atomic E-state index is 11.8. The second-order valence-electron chi connectivity index (χ2n) is 5.46. The molecule has 2 rings (SSSR count). The minimum absolute atomic E-state index is 0.347. The second kappa shape index (κ2) is 6.63. The highest BCUT2D eigenvalue weighted by atomic mass is 32.2. The first kappa shape index (κ1) is 15.4. The van der Waals surface area contributed by atoms with Crippen molar-refractivity contribution < 1.29 is 8.95 Å². The molecule has 0 aliphatic rings. The molecule has 110 valence electrons. The van der Waals surface area contributed by atoms with Gasteiger partial charge >= 0.3 is 0 Å². The Kier molecular flexibility index (Phi) is 4.85. The Bertz CT molecular complexity index is 632. The Morgan fingerprint density at radius 3 is 2.43 bits per heavy atom. The fraction of sp³-hybridized carbons (Fsp3) is 0.250. The molecule has 1 aromatic heterocycles. The third kappa shape index (κ3) is 4.79. The van der Waals surface area contributed by atoms with Crippen LogP contribution in [-0.4, -0.2) is 20.2 Å². The molecule has 1 unspecified atom stereocenters. The van der Waals surface area contributed by atoms with E-state index >= 15 is 0 Å². The van der Waals surface area contributed by atoms with Gasteiger partial charge in [0.05, 0.1) is 10.9 Å². The van der Waals surface area contributed by atoms with E-state index in [1.54, 1.807) is 18.6 Å². The number of benzene rings is 1. The molecular weight excluding hydrogens is 284 g/mol. The van der Waals surface area contributed by atoms with Gasteiger partial charge in [-0.15, -0.1) is 0 Å². The topological polar surface area (TPSA) is 51.5 Å². The smallest absolute Gasteiger partial charge is 0.145 e. The number of hydrogen-bond acceptors (Lipinski definition) is 3. The maximum Gasteiger partial charge on any atom is 0.145 e. The van der Waals surface area contributed by atoms with E-state index in [9.17, 15) is 4.21 Å². The van der Waals surface area contributed by atoms with Gasteiger partial charge in [0.2, 0.25) is 0 Å². The van der Waals surface area contributed by atoms with Crippen molar-refractivity contribution in [2.75, 3.05) is 0 Å². The van der Waals surface area contributed by atoms with E-state index in [0.717, 1.165) is 11.3 Å². The number of nitrogens with zero attached hydrogens (tertiary/aromatic N) is 2. The second-order valence-corrected chi connectivity index (χ2v) is 7.39. The lowest BCUT2D eigenvalue weighted by atomic mass is 10.2. The molecule has 0 saturated heterocycles. The number of hydrogen-bond donors (Lipinski definition) is 0. The van der Waals surface area contributed by atoms with Crippen LogP contribution >= 0.6 is 0 Å². The standard InChI is InChI=1S/C16H18N2O2S/c1-16(2,3)21(19)18-11-13-6-8-14(9-7-13)20-15-5-4-10-17-12-15/h4-12H,1-3H3. The van der Waals surface area contributed by atoms with Crippen molar-refractivity contribution >= 4 is 17.2 Å². The van der Waals surface area contributed by atoms with Crippen molar-refractivity contribution in [1.82, 2.24) is 4.98 Å². The zero-order chi connectivity index (χ0) is 15.3. The first-order chi connectivity index (χ1) is 9.95. The number of aromatic nitrogens is 1. The molecule has 1 heterocycles. The highest BCUT2D eigenvalue weighted by molar-refractivity contribution is 7.85. The summed E-state index contributed by atoms with van der Waals surface area (Å²) in [4.78, 5) is 3.99. The van der Waals surface area contributed by atoms with Gasteiger partial charge in [-0.1, -0.05) is 0 Å². The first-order valence-corrected chi connectivity index (χ1v) is 7.70. The minimum Gasteiger partial charge on any atom is -0.456 e. The lowest BCUT2D eigenvalue weighted by Gasteiger charge is -2.12. The molecule has 5 heteroatoms. The van der Waals surface area contributed by atoms with Crippen molar-refractivity contribution in [1.29, 1.82) is 0 Å². The molecule has 0 amide bonds. The molecular formula is C16H18N2O2S. The Hall–Kier alpha value is -2.01. The van der Waals surface area contributed by atoms with Gasteiger partial charge in [0.1, 0.15) is 22.5 Å². The van der Waals surface area contributed by atoms with Gasteiger partial charge in [-0.05, 0) is 62.7 Å². The van der Waals surface area contributed by atoms with E-state index < -0.39 is 11.0 Å². The SMILES string of the molecule is CC(C)(C)S(=O)N=Cc1ccc(Oc2cccnc2)cc1. The monoisotopic (exact) mass is 302 g/mol. The molecule has 21 heavy (non-hydrogen) atoms. The average Bonchev–Trinajstić information content (AvgIpc) is 2.46. The lowest BCUT2D eigenvalue weighted by Crippen LogP contribution is -2.19. The molecule has 4 nitrogen and oxygen atoms in total. The number of pyridine rings is 1. The van der Waals surface area contributed by atoms with Crippen LogP contribution in [0.3, 0.4) is 0 Å². The van der Waals surface area contributed by atoms with Crippen molar-refractivity contribution in [3.8, 4) is 11.5 Å². The van der Waals surface area contributed by atoms with Crippen LogP contribution in [0.15, 0.2) is 53.2 Å². The van der Waals surface area contributed by atoms with Crippen LogP contribution in [0.2, 0.25) is 0 Å². The molecule has 0 N–H and O–H groups in total. The number of rotatable bonds is 4. The van der Waals surface area contributed by atoms with Crippen LogP contribution in [0.1, 0.15) is 26.3 Å². The molecule has 1 aromatic carbocycles. The zero-order valence-electron chi connectivity index (χ0n) is 12.3. The molecule has 0 radical (unpaired) electrons. The van der Waals surface area contributed by atoms with Gasteiger partial charge in [0.25, 0.3) is 0 Å². The maximum atomic E-state index is 11.8. The summed E-state index contributed by atoms with van der Waals surface area (Å²) in [6.07, 6.45) is 4.97. The van der Waals surface area contributed by atoms with E-state index in [1.165, 1.54) is 0 Å². The quantitative estimate of drug-likeness (QED) is 0.808. The Morgan fingerprint density at radius 2 is 1.86 bits per heavy atom. The summed E-state index contributed by atoms with van der Waals surface area (Å²) in [5.74, 6) is 1.41. The minimum atomic E-state index is -1.24. The van der Waals surface area contributed by atoms with Crippen molar-refractivity contribution in [3.63, 3.8) is 0 Å².